The van der Waals surface area contributed by atoms with E-state index in [1.165, 1.54) is 0 Å². The van der Waals surface area contributed by atoms with Gasteiger partial charge in [-0.15, -0.1) is 0 Å². The summed E-state index contributed by atoms with van der Waals surface area (Å²) in [6.45, 7) is 5.40. The molecule has 0 aromatic heterocycles. The topological polar surface area (TPSA) is 161 Å². The smallest absolute Gasteiger partial charge is 0.397 e. The molecule has 4 amide bonds. The minimum Gasteiger partial charge on any atom is -0.456 e. The molecule has 0 heterocycles. The molecule has 11 nitrogen and oxygen atoms in total. The highest BCUT2D eigenvalue weighted by Crippen LogP contribution is 1.94. The number of imide groups is 1. The summed E-state index contributed by atoms with van der Waals surface area (Å²) in [4.78, 5) is 42.4. The number of ether oxygens (including phenoxy) is 2. The number of urea groups is 1. The molecule has 1 atom stereocenters. The molecule has 0 fully saturated rings. The van der Waals surface area contributed by atoms with Crippen LogP contribution in [0.5, 0.6) is 0 Å². The average Bonchev–Trinajstić information content (AvgIpc) is 2.60. The van der Waals surface area contributed by atoms with Crippen LogP contribution in [-0.2, 0) is 23.9 Å². The van der Waals surface area contributed by atoms with E-state index in [1.807, 2.05) is 0 Å². The first-order chi connectivity index (χ1) is 12.5. The fraction of sp³-hybridized carbons (Fsp3) is 0.733. The third-order valence-corrected chi connectivity index (χ3v) is 3.17. The van der Waals surface area contributed by atoms with Gasteiger partial charge in [0.2, 0.25) is 6.41 Å². The molecule has 26 heavy (non-hydrogen) atoms. The standard InChI is InChI=1S/C15H29N5O6/c1-12(3-2-4-19-15(16)24)18-6-5-17-7-8-25-9-10-26-14(23)13(22)20-11-21/h11-12,17-18H,2-10H2,1H3,(H3,16,19,24)(H,20,21,22). The largest absolute Gasteiger partial charge is 0.456 e. The van der Waals surface area contributed by atoms with Crippen LogP contribution < -0.4 is 27.0 Å². The molecule has 1 unspecified atom stereocenters. The third-order valence-electron chi connectivity index (χ3n) is 3.17. The van der Waals surface area contributed by atoms with E-state index in [-0.39, 0.29) is 19.6 Å². The van der Waals surface area contributed by atoms with Crippen LogP contribution in [0.1, 0.15) is 19.8 Å². The number of hydrogen-bond acceptors (Lipinski definition) is 8. The predicted octanol–water partition coefficient (Wildman–Crippen LogP) is -2.16. The second-order valence-corrected chi connectivity index (χ2v) is 5.38. The number of hydrogen-bond donors (Lipinski definition) is 5. The van der Waals surface area contributed by atoms with Gasteiger partial charge in [-0.2, -0.15) is 0 Å². The van der Waals surface area contributed by atoms with Crippen molar-refractivity contribution < 1.29 is 28.7 Å². The van der Waals surface area contributed by atoms with E-state index in [0.29, 0.717) is 25.7 Å². The second kappa shape index (κ2) is 16.2. The molecule has 0 aliphatic rings. The minimum atomic E-state index is -1.12. The van der Waals surface area contributed by atoms with E-state index in [4.69, 9.17) is 10.5 Å². The third kappa shape index (κ3) is 15.3. The first-order valence-corrected chi connectivity index (χ1v) is 8.43. The van der Waals surface area contributed by atoms with Crippen LogP contribution in [0, 0.1) is 0 Å². The predicted molar refractivity (Wildman–Crippen MR) is 93.1 cm³/mol. The summed E-state index contributed by atoms with van der Waals surface area (Å²) in [5.41, 5.74) is 4.98. The summed E-state index contributed by atoms with van der Waals surface area (Å²) in [5, 5.41) is 10.8. The van der Waals surface area contributed by atoms with Crippen LogP contribution in [0.2, 0.25) is 0 Å². The zero-order chi connectivity index (χ0) is 19.6. The van der Waals surface area contributed by atoms with Crippen LogP contribution in [0.3, 0.4) is 0 Å². The lowest BCUT2D eigenvalue weighted by atomic mass is 10.2. The number of carbonyl (C=O) groups excluding carboxylic acids is 4. The number of amides is 4. The molecule has 0 radical (unpaired) electrons. The zero-order valence-electron chi connectivity index (χ0n) is 15.0. The molecule has 0 saturated heterocycles. The van der Waals surface area contributed by atoms with Gasteiger partial charge in [0.15, 0.2) is 0 Å². The Hall–Kier alpha value is -2.24. The number of primary amides is 1. The summed E-state index contributed by atoms with van der Waals surface area (Å²) in [6, 6.07) is -0.160. The SMILES string of the molecule is CC(CCCNC(N)=O)NCCNCCOCCOC(=O)C(=O)NC=O. The molecular formula is C15H29N5O6. The van der Waals surface area contributed by atoms with E-state index >= 15 is 0 Å². The Labute approximate surface area is 152 Å². The van der Waals surface area contributed by atoms with Gasteiger partial charge in [0.1, 0.15) is 6.61 Å². The van der Waals surface area contributed by atoms with E-state index in [2.05, 4.69) is 27.6 Å². The molecule has 0 saturated carbocycles. The molecule has 11 heteroatoms. The molecule has 0 aliphatic heterocycles. The highest BCUT2D eigenvalue weighted by Gasteiger charge is 2.13. The van der Waals surface area contributed by atoms with Gasteiger partial charge in [0, 0.05) is 32.2 Å². The first kappa shape index (κ1) is 23.8. The quantitative estimate of drug-likeness (QED) is 0.0935. The Bertz CT molecular complexity index is 435. The van der Waals surface area contributed by atoms with Crippen LogP contribution in [-0.4, -0.2) is 76.4 Å². The maximum absolute atomic E-state index is 11.0. The lowest BCUT2D eigenvalue weighted by molar-refractivity contribution is -0.156. The van der Waals surface area contributed by atoms with Crippen molar-refractivity contribution in [2.75, 3.05) is 46.0 Å². The van der Waals surface area contributed by atoms with Crippen molar-refractivity contribution in [2.45, 2.75) is 25.8 Å². The maximum atomic E-state index is 11.0. The number of nitrogens with two attached hydrogens (primary N) is 1. The summed E-state index contributed by atoms with van der Waals surface area (Å²) in [5.74, 6) is -2.23. The molecular weight excluding hydrogens is 346 g/mol. The number of nitrogens with one attached hydrogen (secondary N) is 4. The van der Waals surface area contributed by atoms with E-state index in [1.54, 1.807) is 5.32 Å². The first-order valence-electron chi connectivity index (χ1n) is 8.43. The van der Waals surface area contributed by atoms with Crippen LogP contribution >= 0.6 is 0 Å². The number of esters is 1. The molecule has 0 bridgehead atoms. The summed E-state index contributed by atoms with van der Waals surface area (Å²) < 4.78 is 9.82. The number of carbonyl (C=O) groups is 4. The van der Waals surface area contributed by atoms with Crippen molar-refractivity contribution in [3.63, 3.8) is 0 Å². The van der Waals surface area contributed by atoms with Gasteiger partial charge in [-0.05, 0) is 19.8 Å². The summed E-state index contributed by atoms with van der Waals surface area (Å²) >= 11 is 0. The molecule has 0 aromatic carbocycles. The highest BCUT2D eigenvalue weighted by molar-refractivity contribution is 6.34. The van der Waals surface area contributed by atoms with Gasteiger partial charge in [-0.1, -0.05) is 0 Å². The minimum absolute atomic E-state index is 0.0607. The number of rotatable bonds is 15. The molecule has 0 rings (SSSR count). The van der Waals surface area contributed by atoms with Crippen LogP contribution in [0.15, 0.2) is 0 Å². The molecule has 0 aliphatic carbocycles. The van der Waals surface area contributed by atoms with E-state index < -0.39 is 17.9 Å². The normalized spacial score (nSPS) is 11.4. The molecule has 0 spiro atoms. The van der Waals surface area contributed by atoms with Gasteiger partial charge >= 0.3 is 17.9 Å². The summed E-state index contributed by atoms with van der Waals surface area (Å²) in [6.07, 6.45) is 1.91. The lowest BCUT2D eigenvalue weighted by Gasteiger charge is -2.14. The van der Waals surface area contributed by atoms with Crippen molar-refractivity contribution in [3.05, 3.63) is 0 Å². The van der Waals surface area contributed by atoms with Crippen molar-refractivity contribution in [1.29, 1.82) is 0 Å². The Balaban J connectivity index is 3.33. The van der Waals surface area contributed by atoms with Crippen LogP contribution in [0.4, 0.5) is 4.79 Å². The molecule has 0 aromatic rings. The van der Waals surface area contributed by atoms with Crippen molar-refractivity contribution in [3.8, 4) is 0 Å². The van der Waals surface area contributed by atoms with E-state index in [9.17, 15) is 19.2 Å². The van der Waals surface area contributed by atoms with Gasteiger partial charge in [-0.3, -0.25) is 14.9 Å². The van der Waals surface area contributed by atoms with Crippen molar-refractivity contribution >= 4 is 24.3 Å². The molecule has 6 N–H and O–H groups in total. The van der Waals surface area contributed by atoms with Gasteiger partial charge in [0.05, 0.1) is 13.2 Å². The summed E-state index contributed by atoms with van der Waals surface area (Å²) in [7, 11) is 0. The Morgan fingerprint density at radius 1 is 1.08 bits per heavy atom. The highest BCUT2D eigenvalue weighted by atomic mass is 16.6. The molecule has 150 valence electrons. The van der Waals surface area contributed by atoms with Crippen molar-refractivity contribution in [1.82, 2.24) is 21.3 Å². The Kier molecular flexibility index (Phi) is 14.8. The van der Waals surface area contributed by atoms with Gasteiger partial charge in [0.25, 0.3) is 0 Å². The lowest BCUT2D eigenvalue weighted by Crippen LogP contribution is -2.35. The van der Waals surface area contributed by atoms with Crippen LogP contribution in [0.25, 0.3) is 0 Å². The van der Waals surface area contributed by atoms with Gasteiger partial charge in [-0.25, -0.2) is 9.59 Å². The fourth-order valence-corrected chi connectivity index (χ4v) is 1.87. The average molecular weight is 375 g/mol. The van der Waals surface area contributed by atoms with Gasteiger partial charge < -0.3 is 31.2 Å². The van der Waals surface area contributed by atoms with Crippen molar-refractivity contribution in [2.24, 2.45) is 5.73 Å². The fourth-order valence-electron chi connectivity index (χ4n) is 1.87. The second-order valence-electron chi connectivity index (χ2n) is 5.38. The Morgan fingerprint density at radius 3 is 2.54 bits per heavy atom. The monoisotopic (exact) mass is 375 g/mol. The maximum Gasteiger partial charge on any atom is 0.397 e. The Morgan fingerprint density at radius 2 is 1.85 bits per heavy atom. The zero-order valence-corrected chi connectivity index (χ0v) is 15.0. The van der Waals surface area contributed by atoms with E-state index in [0.717, 1.165) is 25.9 Å².